The van der Waals surface area contributed by atoms with E-state index in [2.05, 4.69) is 23.5 Å². The minimum absolute atomic E-state index is 0.507. The number of fused-ring (bicyclic) bond motifs is 1. The van der Waals surface area contributed by atoms with Crippen molar-refractivity contribution in [1.82, 2.24) is 5.32 Å². The number of hydrogen-bond acceptors (Lipinski definition) is 3. The van der Waals surface area contributed by atoms with Crippen LogP contribution < -0.4 is 10.1 Å². The molecule has 106 valence electrons. The molecule has 0 fully saturated rings. The van der Waals surface area contributed by atoms with Gasteiger partial charge in [-0.2, -0.15) is 0 Å². The van der Waals surface area contributed by atoms with Gasteiger partial charge in [-0.3, -0.25) is 0 Å². The predicted octanol–water partition coefficient (Wildman–Crippen LogP) is 3.09. The average Bonchev–Trinajstić information content (AvgIpc) is 2.85. The van der Waals surface area contributed by atoms with Crippen LogP contribution in [-0.2, 0) is 11.2 Å². The van der Waals surface area contributed by atoms with Crippen LogP contribution in [0, 0.1) is 0 Å². The zero-order valence-corrected chi connectivity index (χ0v) is 12.1. The molecule has 0 aromatic heterocycles. The van der Waals surface area contributed by atoms with Gasteiger partial charge >= 0.3 is 0 Å². The lowest BCUT2D eigenvalue weighted by atomic mass is 10.1. The SMILES string of the molecule is COCCCCCNC1CCc2ccc(OC)cc21. The lowest BCUT2D eigenvalue weighted by Crippen LogP contribution is -2.20. The van der Waals surface area contributed by atoms with Crippen molar-refractivity contribution in [3.8, 4) is 5.75 Å². The molecule has 1 N–H and O–H groups in total. The molecule has 0 heterocycles. The Morgan fingerprint density at radius 3 is 2.89 bits per heavy atom. The Hall–Kier alpha value is -1.06. The summed E-state index contributed by atoms with van der Waals surface area (Å²) < 4.78 is 10.4. The van der Waals surface area contributed by atoms with Gasteiger partial charge in [0.2, 0.25) is 0 Å². The van der Waals surface area contributed by atoms with Gasteiger partial charge in [-0.25, -0.2) is 0 Å². The molecule has 0 bridgehead atoms. The minimum Gasteiger partial charge on any atom is -0.497 e. The predicted molar refractivity (Wildman–Crippen MR) is 77.8 cm³/mol. The fourth-order valence-corrected chi connectivity index (χ4v) is 2.74. The average molecular weight is 263 g/mol. The summed E-state index contributed by atoms with van der Waals surface area (Å²) in [6.07, 6.45) is 6.01. The quantitative estimate of drug-likeness (QED) is 0.731. The highest BCUT2D eigenvalue weighted by Gasteiger charge is 2.22. The van der Waals surface area contributed by atoms with Crippen molar-refractivity contribution in [2.75, 3.05) is 27.4 Å². The van der Waals surface area contributed by atoms with Gasteiger partial charge in [0.25, 0.3) is 0 Å². The van der Waals surface area contributed by atoms with Gasteiger partial charge < -0.3 is 14.8 Å². The number of aryl methyl sites for hydroxylation is 1. The summed E-state index contributed by atoms with van der Waals surface area (Å²) in [6, 6.07) is 6.96. The Labute approximate surface area is 116 Å². The maximum Gasteiger partial charge on any atom is 0.119 e. The molecule has 0 saturated heterocycles. The summed E-state index contributed by atoms with van der Waals surface area (Å²) in [6.45, 7) is 1.97. The molecule has 19 heavy (non-hydrogen) atoms. The molecule has 1 unspecified atom stereocenters. The van der Waals surface area contributed by atoms with E-state index in [1.807, 2.05) is 0 Å². The molecule has 2 rings (SSSR count). The number of rotatable bonds is 8. The molecule has 3 nitrogen and oxygen atoms in total. The molecule has 1 aromatic carbocycles. The first-order valence-corrected chi connectivity index (χ1v) is 7.24. The second-order valence-electron chi connectivity index (χ2n) is 5.16. The molecule has 0 spiro atoms. The second kappa shape index (κ2) is 7.51. The van der Waals surface area contributed by atoms with Gasteiger partial charge in [0.05, 0.1) is 7.11 Å². The largest absolute Gasteiger partial charge is 0.497 e. The highest BCUT2D eigenvalue weighted by atomic mass is 16.5. The molecule has 0 amide bonds. The number of unbranched alkanes of at least 4 members (excludes halogenated alkanes) is 2. The van der Waals surface area contributed by atoms with E-state index < -0.39 is 0 Å². The van der Waals surface area contributed by atoms with Crippen LogP contribution in [0.15, 0.2) is 18.2 Å². The van der Waals surface area contributed by atoms with E-state index in [0.717, 1.165) is 25.3 Å². The Kier molecular flexibility index (Phi) is 5.67. The fourth-order valence-electron chi connectivity index (χ4n) is 2.74. The fraction of sp³-hybridized carbons (Fsp3) is 0.625. The standard InChI is InChI=1S/C16H25NO2/c1-18-11-5-3-4-10-17-16-9-7-13-6-8-14(19-2)12-15(13)16/h6,8,12,16-17H,3-5,7,9-11H2,1-2H3. The molecule has 1 aromatic rings. The van der Waals surface area contributed by atoms with E-state index >= 15 is 0 Å². The molecule has 1 aliphatic rings. The van der Waals surface area contributed by atoms with Gasteiger partial charge in [-0.15, -0.1) is 0 Å². The lowest BCUT2D eigenvalue weighted by Gasteiger charge is -2.14. The zero-order chi connectivity index (χ0) is 13.5. The summed E-state index contributed by atoms with van der Waals surface area (Å²) in [5.41, 5.74) is 2.90. The molecule has 0 radical (unpaired) electrons. The number of hydrogen-bond donors (Lipinski definition) is 1. The number of benzene rings is 1. The van der Waals surface area contributed by atoms with Gasteiger partial charge in [0.1, 0.15) is 5.75 Å². The topological polar surface area (TPSA) is 30.5 Å². The van der Waals surface area contributed by atoms with E-state index in [-0.39, 0.29) is 0 Å². The number of ether oxygens (including phenoxy) is 2. The van der Waals surface area contributed by atoms with Crippen LogP contribution in [0.1, 0.15) is 42.9 Å². The normalized spacial score (nSPS) is 17.5. The third kappa shape index (κ3) is 3.95. The first-order valence-electron chi connectivity index (χ1n) is 7.24. The van der Waals surface area contributed by atoms with Crippen LogP contribution in [0.4, 0.5) is 0 Å². The van der Waals surface area contributed by atoms with Crippen molar-refractivity contribution in [1.29, 1.82) is 0 Å². The number of methoxy groups -OCH3 is 2. The summed E-state index contributed by atoms with van der Waals surface area (Å²) in [5, 5.41) is 3.67. The smallest absolute Gasteiger partial charge is 0.119 e. The molecule has 0 aliphatic heterocycles. The van der Waals surface area contributed by atoms with Crippen molar-refractivity contribution in [3.05, 3.63) is 29.3 Å². The Morgan fingerprint density at radius 1 is 1.21 bits per heavy atom. The first kappa shape index (κ1) is 14.4. The van der Waals surface area contributed by atoms with Crippen molar-refractivity contribution in [2.24, 2.45) is 0 Å². The number of nitrogens with one attached hydrogen (secondary N) is 1. The summed E-state index contributed by atoms with van der Waals surface area (Å²) in [5.74, 6) is 0.965. The molecule has 1 aliphatic carbocycles. The van der Waals surface area contributed by atoms with Crippen molar-refractivity contribution in [2.45, 2.75) is 38.1 Å². The van der Waals surface area contributed by atoms with Crippen molar-refractivity contribution in [3.63, 3.8) is 0 Å². The summed E-state index contributed by atoms with van der Waals surface area (Å²) in [7, 11) is 3.50. The Bertz CT molecular complexity index is 392. The van der Waals surface area contributed by atoms with E-state index in [4.69, 9.17) is 9.47 Å². The van der Waals surface area contributed by atoms with Gasteiger partial charge in [-0.1, -0.05) is 6.07 Å². The van der Waals surface area contributed by atoms with E-state index in [9.17, 15) is 0 Å². The van der Waals surface area contributed by atoms with Gasteiger partial charge in [0, 0.05) is 19.8 Å². The molecule has 1 atom stereocenters. The lowest BCUT2D eigenvalue weighted by molar-refractivity contribution is 0.192. The van der Waals surface area contributed by atoms with Crippen LogP contribution in [0.5, 0.6) is 5.75 Å². The summed E-state index contributed by atoms with van der Waals surface area (Å²) in [4.78, 5) is 0. The Balaban J connectivity index is 1.78. The Morgan fingerprint density at radius 2 is 2.11 bits per heavy atom. The van der Waals surface area contributed by atoms with Crippen LogP contribution in [0.3, 0.4) is 0 Å². The minimum atomic E-state index is 0.507. The van der Waals surface area contributed by atoms with Gasteiger partial charge in [0.15, 0.2) is 0 Å². The van der Waals surface area contributed by atoms with Gasteiger partial charge in [-0.05, 0) is 61.9 Å². The van der Waals surface area contributed by atoms with Crippen LogP contribution >= 0.6 is 0 Å². The summed E-state index contributed by atoms with van der Waals surface area (Å²) >= 11 is 0. The van der Waals surface area contributed by atoms with E-state index in [0.29, 0.717) is 6.04 Å². The van der Waals surface area contributed by atoms with Crippen molar-refractivity contribution < 1.29 is 9.47 Å². The van der Waals surface area contributed by atoms with Crippen LogP contribution in [0.2, 0.25) is 0 Å². The third-order valence-electron chi connectivity index (χ3n) is 3.85. The van der Waals surface area contributed by atoms with Crippen LogP contribution in [-0.4, -0.2) is 27.4 Å². The zero-order valence-electron chi connectivity index (χ0n) is 12.1. The molecular formula is C16H25NO2. The maximum absolute atomic E-state index is 5.32. The monoisotopic (exact) mass is 263 g/mol. The van der Waals surface area contributed by atoms with Crippen molar-refractivity contribution >= 4 is 0 Å². The maximum atomic E-state index is 5.32. The molecule has 3 heteroatoms. The molecular weight excluding hydrogens is 238 g/mol. The third-order valence-corrected chi connectivity index (χ3v) is 3.85. The van der Waals surface area contributed by atoms with Crippen LogP contribution in [0.25, 0.3) is 0 Å². The van der Waals surface area contributed by atoms with E-state index in [1.54, 1.807) is 14.2 Å². The highest BCUT2D eigenvalue weighted by molar-refractivity contribution is 5.40. The highest BCUT2D eigenvalue weighted by Crippen LogP contribution is 2.33. The molecule has 0 saturated carbocycles. The van der Waals surface area contributed by atoms with E-state index in [1.165, 1.54) is 36.8 Å². The first-order chi connectivity index (χ1) is 9.35. The second-order valence-corrected chi connectivity index (χ2v) is 5.16.